The van der Waals surface area contributed by atoms with E-state index in [1.807, 2.05) is 6.92 Å². The van der Waals surface area contributed by atoms with E-state index in [0.29, 0.717) is 30.6 Å². The monoisotopic (exact) mass is 326 g/mol. The van der Waals surface area contributed by atoms with Gasteiger partial charge in [0.1, 0.15) is 12.1 Å². The molecule has 8 heteroatoms. The van der Waals surface area contributed by atoms with E-state index >= 15 is 0 Å². The molecule has 1 aromatic heterocycles. The van der Waals surface area contributed by atoms with Gasteiger partial charge in [0.05, 0.1) is 11.3 Å². The van der Waals surface area contributed by atoms with Crippen molar-refractivity contribution in [2.45, 2.75) is 72.6 Å². The number of nitrogens with zero attached hydrogens (tertiary/aromatic N) is 3. The van der Waals surface area contributed by atoms with E-state index in [4.69, 9.17) is 4.74 Å². The van der Waals surface area contributed by atoms with Gasteiger partial charge in [0, 0.05) is 6.04 Å². The highest BCUT2D eigenvalue weighted by molar-refractivity contribution is 5.67. The van der Waals surface area contributed by atoms with Crippen molar-refractivity contribution in [2.75, 3.05) is 0 Å². The lowest BCUT2D eigenvalue weighted by atomic mass is 10.2. The number of rotatable bonds is 6. The summed E-state index contributed by atoms with van der Waals surface area (Å²) in [7, 11) is 0. The number of alkyl carbamates (subject to hydrolysis) is 1. The van der Waals surface area contributed by atoms with Crippen molar-refractivity contribution in [3.63, 3.8) is 0 Å². The number of nitrogens with one attached hydrogen (secondary N) is 1. The van der Waals surface area contributed by atoms with E-state index in [9.17, 15) is 14.9 Å². The molecule has 1 aromatic rings. The molecule has 0 aliphatic carbocycles. The number of carbonyl (C=O) groups excluding carboxylic acids is 1. The highest BCUT2D eigenvalue weighted by Gasteiger charge is 2.22. The Morgan fingerprint density at radius 3 is 2.57 bits per heavy atom. The zero-order valence-corrected chi connectivity index (χ0v) is 14.7. The molecule has 1 unspecified atom stereocenters. The fourth-order valence-corrected chi connectivity index (χ4v) is 2.17. The Labute approximate surface area is 136 Å². The van der Waals surface area contributed by atoms with Crippen LogP contribution in [0.2, 0.25) is 0 Å². The van der Waals surface area contributed by atoms with Crippen molar-refractivity contribution in [2.24, 2.45) is 0 Å². The Hall–Kier alpha value is -2.12. The lowest BCUT2D eigenvalue weighted by Gasteiger charge is -2.21. The lowest BCUT2D eigenvalue weighted by Crippen LogP contribution is -2.37. The van der Waals surface area contributed by atoms with Crippen LogP contribution in [-0.2, 0) is 11.3 Å². The second kappa shape index (κ2) is 7.43. The number of carbonyl (C=O) groups is 1. The molecular formula is C15H26N4O4. The first kappa shape index (κ1) is 18.9. The number of ether oxygens (including phenoxy) is 1. The maximum absolute atomic E-state index is 11.7. The molecule has 0 saturated heterocycles. The largest absolute Gasteiger partial charge is 0.444 e. The second-order valence-electron chi connectivity index (χ2n) is 6.70. The molecule has 0 fully saturated rings. The zero-order chi connectivity index (χ0) is 17.8. The van der Waals surface area contributed by atoms with Crippen molar-refractivity contribution in [1.82, 2.24) is 15.1 Å². The molecule has 0 aromatic carbocycles. The average Bonchev–Trinajstić information content (AvgIpc) is 2.62. The van der Waals surface area contributed by atoms with Gasteiger partial charge in [-0.2, -0.15) is 0 Å². The van der Waals surface area contributed by atoms with Crippen LogP contribution >= 0.6 is 0 Å². The van der Waals surface area contributed by atoms with Gasteiger partial charge in [-0.05, 0) is 59.3 Å². The predicted molar refractivity (Wildman–Crippen MR) is 86.4 cm³/mol. The van der Waals surface area contributed by atoms with Crippen LogP contribution in [0.1, 0.15) is 51.8 Å². The van der Waals surface area contributed by atoms with Crippen molar-refractivity contribution >= 4 is 11.9 Å². The average molecular weight is 326 g/mol. The van der Waals surface area contributed by atoms with E-state index in [0.717, 1.165) is 0 Å². The summed E-state index contributed by atoms with van der Waals surface area (Å²) < 4.78 is 6.61. The molecule has 130 valence electrons. The minimum atomic E-state index is -0.533. The molecule has 0 aliphatic rings. The maximum Gasteiger partial charge on any atom is 0.407 e. The van der Waals surface area contributed by atoms with Gasteiger partial charge >= 0.3 is 11.9 Å². The van der Waals surface area contributed by atoms with Crippen LogP contribution in [0.4, 0.5) is 10.6 Å². The lowest BCUT2D eigenvalue weighted by molar-refractivity contribution is -0.393. The molecule has 0 saturated carbocycles. The van der Waals surface area contributed by atoms with Crippen molar-refractivity contribution in [1.29, 1.82) is 0 Å². The summed E-state index contributed by atoms with van der Waals surface area (Å²) in [6, 6.07) is -0.0818. The first-order valence-corrected chi connectivity index (χ1v) is 7.69. The summed E-state index contributed by atoms with van der Waals surface area (Å²) in [5.74, 6) is 0.0373. The fraction of sp³-hybridized carbons (Fsp3) is 0.733. The van der Waals surface area contributed by atoms with Gasteiger partial charge in [0.15, 0.2) is 0 Å². The van der Waals surface area contributed by atoms with Crippen LogP contribution < -0.4 is 5.32 Å². The molecule has 1 N–H and O–H groups in total. The van der Waals surface area contributed by atoms with E-state index in [1.165, 1.54) is 4.68 Å². The summed E-state index contributed by atoms with van der Waals surface area (Å²) >= 11 is 0. The SMILES string of the molecule is Cc1nn(CCCC(C)NC(=O)OC(C)(C)C)c([N+](=O)[O-])c1C. The number of hydrogen-bond acceptors (Lipinski definition) is 5. The zero-order valence-electron chi connectivity index (χ0n) is 14.7. The molecule has 23 heavy (non-hydrogen) atoms. The third kappa shape index (κ3) is 5.88. The Bertz CT molecular complexity index is 575. The molecular weight excluding hydrogens is 300 g/mol. The molecule has 8 nitrogen and oxygen atoms in total. The molecule has 0 bridgehead atoms. The smallest absolute Gasteiger partial charge is 0.407 e. The van der Waals surface area contributed by atoms with Crippen molar-refractivity contribution in [3.8, 4) is 0 Å². The Balaban J connectivity index is 2.50. The molecule has 1 amide bonds. The molecule has 0 spiro atoms. The van der Waals surface area contributed by atoms with E-state index in [-0.39, 0.29) is 11.9 Å². The second-order valence-corrected chi connectivity index (χ2v) is 6.70. The van der Waals surface area contributed by atoms with Crippen LogP contribution in [0.25, 0.3) is 0 Å². The summed E-state index contributed by atoms with van der Waals surface area (Å²) in [6.07, 6.45) is 0.883. The number of aromatic nitrogens is 2. The van der Waals surface area contributed by atoms with E-state index in [2.05, 4.69) is 10.4 Å². The van der Waals surface area contributed by atoms with Gasteiger partial charge in [-0.15, -0.1) is 4.68 Å². The van der Waals surface area contributed by atoms with Gasteiger partial charge in [0.25, 0.3) is 0 Å². The van der Waals surface area contributed by atoms with Crippen LogP contribution in [0.15, 0.2) is 0 Å². The fourth-order valence-electron chi connectivity index (χ4n) is 2.17. The molecule has 1 rings (SSSR count). The molecule has 1 atom stereocenters. The molecule has 0 aliphatic heterocycles. The highest BCUT2D eigenvalue weighted by atomic mass is 16.6. The van der Waals surface area contributed by atoms with Crippen molar-refractivity contribution in [3.05, 3.63) is 21.4 Å². The van der Waals surface area contributed by atoms with Crippen LogP contribution in [-0.4, -0.2) is 32.4 Å². The summed E-state index contributed by atoms with van der Waals surface area (Å²) in [5.41, 5.74) is 0.723. The summed E-state index contributed by atoms with van der Waals surface area (Å²) in [5, 5.41) is 18.1. The van der Waals surface area contributed by atoms with Gasteiger partial charge < -0.3 is 20.2 Å². The topological polar surface area (TPSA) is 99.3 Å². The summed E-state index contributed by atoms with van der Waals surface area (Å²) in [4.78, 5) is 22.4. The Kier molecular flexibility index (Phi) is 6.12. The van der Waals surface area contributed by atoms with Gasteiger partial charge in [-0.1, -0.05) is 5.10 Å². The van der Waals surface area contributed by atoms with E-state index in [1.54, 1.807) is 34.6 Å². The first-order valence-electron chi connectivity index (χ1n) is 7.69. The summed E-state index contributed by atoms with van der Waals surface area (Å²) in [6.45, 7) is 11.2. The van der Waals surface area contributed by atoms with Crippen LogP contribution in [0.5, 0.6) is 0 Å². The number of hydrogen-bond donors (Lipinski definition) is 1. The minimum absolute atomic E-state index is 0.0373. The molecule has 0 radical (unpaired) electrons. The van der Waals surface area contributed by atoms with Crippen LogP contribution in [0, 0.1) is 24.0 Å². The van der Waals surface area contributed by atoms with Crippen LogP contribution in [0.3, 0.4) is 0 Å². The maximum atomic E-state index is 11.7. The highest BCUT2D eigenvalue weighted by Crippen LogP contribution is 2.21. The van der Waals surface area contributed by atoms with E-state index < -0.39 is 16.6 Å². The Morgan fingerprint density at radius 2 is 2.04 bits per heavy atom. The first-order chi connectivity index (χ1) is 10.5. The third-order valence-electron chi connectivity index (χ3n) is 3.34. The molecule has 1 heterocycles. The van der Waals surface area contributed by atoms with Gasteiger partial charge in [-0.25, -0.2) is 4.79 Å². The van der Waals surface area contributed by atoms with Gasteiger partial charge in [-0.3, -0.25) is 0 Å². The number of aryl methyl sites for hydroxylation is 2. The number of amides is 1. The standard InChI is InChI=1S/C15H26N4O4/c1-10(16-14(20)23-15(4,5)6)8-7-9-18-13(19(21)22)11(2)12(3)17-18/h10H,7-9H2,1-6H3,(H,16,20). The minimum Gasteiger partial charge on any atom is -0.444 e. The third-order valence-corrected chi connectivity index (χ3v) is 3.34. The Morgan fingerprint density at radius 1 is 1.43 bits per heavy atom. The van der Waals surface area contributed by atoms with Crippen molar-refractivity contribution < 1.29 is 14.5 Å². The quantitative estimate of drug-likeness (QED) is 0.639. The normalized spacial score (nSPS) is 12.8. The number of nitro groups is 1. The van der Waals surface area contributed by atoms with Gasteiger partial charge in [0.2, 0.25) is 0 Å². The predicted octanol–water partition coefficient (Wildman–Crippen LogP) is 3.10.